The highest BCUT2D eigenvalue weighted by molar-refractivity contribution is 6.02. The molecule has 1 aromatic heterocycles. The molecule has 6 nitrogen and oxygen atoms in total. The summed E-state index contributed by atoms with van der Waals surface area (Å²) in [7, 11) is 0. The van der Waals surface area contributed by atoms with Crippen LogP contribution in [0.5, 0.6) is 0 Å². The van der Waals surface area contributed by atoms with E-state index in [0.29, 0.717) is 29.1 Å². The van der Waals surface area contributed by atoms with Crippen molar-refractivity contribution in [2.75, 3.05) is 5.32 Å². The van der Waals surface area contributed by atoms with Crippen LogP contribution >= 0.6 is 0 Å². The first-order valence-electron chi connectivity index (χ1n) is 8.58. The number of aryl methyl sites for hydroxylation is 1. The van der Waals surface area contributed by atoms with E-state index >= 15 is 0 Å². The zero-order chi connectivity index (χ0) is 19.4. The molecule has 0 spiro atoms. The summed E-state index contributed by atoms with van der Waals surface area (Å²) in [6.07, 6.45) is 0. The zero-order valence-corrected chi connectivity index (χ0v) is 15.8. The third-order valence-electron chi connectivity index (χ3n) is 4.22. The summed E-state index contributed by atoms with van der Waals surface area (Å²) >= 11 is 0. The third kappa shape index (κ3) is 4.39. The number of aromatic amines is 1. The van der Waals surface area contributed by atoms with Gasteiger partial charge in [-0.05, 0) is 44.0 Å². The highest BCUT2D eigenvalue weighted by Gasteiger charge is 2.19. The highest BCUT2D eigenvalue weighted by atomic mass is 16.2. The van der Waals surface area contributed by atoms with Crippen molar-refractivity contribution in [3.8, 4) is 0 Å². The lowest BCUT2D eigenvalue weighted by Crippen LogP contribution is -2.24. The first kappa shape index (κ1) is 19.4. The second-order valence-electron chi connectivity index (χ2n) is 6.70. The van der Waals surface area contributed by atoms with Gasteiger partial charge >= 0.3 is 0 Å². The average Bonchev–Trinajstić information content (AvgIpc) is 2.88. The number of ketones is 1. The molecular formula is C20H25N3O3. The summed E-state index contributed by atoms with van der Waals surface area (Å²) in [5.41, 5.74) is 3.98. The number of nitrogens with one attached hydrogen (secondary N) is 3. The second-order valence-corrected chi connectivity index (χ2v) is 6.70. The molecule has 1 heterocycles. The van der Waals surface area contributed by atoms with Gasteiger partial charge in [-0.25, -0.2) is 0 Å². The van der Waals surface area contributed by atoms with Crippen molar-refractivity contribution in [3.05, 3.63) is 52.3 Å². The molecule has 0 aliphatic heterocycles. The Hall–Kier alpha value is -2.89. The number of carbonyl (C=O) groups excluding carboxylic acids is 3. The number of hydrogen-bond donors (Lipinski definition) is 3. The van der Waals surface area contributed by atoms with Gasteiger partial charge in [0.1, 0.15) is 5.69 Å². The van der Waals surface area contributed by atoms with Crippen molar-refractivity contribution >= 4 is 23.3 Å². The van der Waals surface area contributed by atoms with Crippen LogP contribution in [0, 0.1) is 19.8 Å². The molecule has 0 atom stereocenters. The first-order valence-corrected chi connectivity index (χ1v) is 8.58. The minimum Gasteiger partial charge on any atom is -0.354 e. The number of amides is 2. The Morgan fingerprint density at radius 3 is 2.19 bits per heavy atom. The summed E-state index contributed by atoms with van der Waals surface area (Å²) < 4.78 is 0. The highest BCUT2D eigenvalue weighted by Crippen LogP contribution is 2.18. The van der Waals surface area contributed by atoms with Crippen LogP contribution in [0.1, 0.15) is 58.4 Å². The molecule has 0 saturated heterocycles. The molecule has 6 heteroatoms. The fourth-order valence-corrected chi connectivity index (χ4v) is 2.77. The van der Waals surface area contributed by atoms with Crippen LogP contribution in [0.15, 0.2) is 24.3 Å². The van der Waals surface area contributed by atoms with Gasteiger partial charge in [-0.15, -0.1) is 0 Å². The van der Waals surface area contributed by atoms with Crippen molar-refractivity contribution in [2.24, 2.45) is 5.92 Å². The monoisotopic (exact) mass is 355 g/mol. The molecule has 0 unspecified atom stereocenters. The van der Waals surface area contributed by atoms with Gasteiger partial charge in [0.2, 0.25) is 5.91 Å². The Bertz CT molecular complexity index is 833. The van der Waals surface area contributed by atoms with E-state index in [9.17, 15) is 14.4 Å². The Morgan fingerprint density at radius 1 is 1.08 bits per heavy atom. The van der Waals surface area contributed by atoms with Gasteiger partial charge < -0.3 is 15.6 Å². The van der Waals surface area contributed by atoms with Gasteiger partial charge in [0, 0.05) is 29.4 Å². The van der Waals surface area contributed by atoms with E-state index in [2.05, 4.69) is 15.6 Å². The quantitative estimate of drug-likeness (QED) is 0.694. The maximum absolute atomic E-state index is 12.4. The van der Waals surface area contributed by atoms with Crippen LogP contribution in [0.4, 0.5) is 5.69 Å². The van der Waals surface area contributed by atoms with Gasteiger partial charge in [0.25, 0.3) is 5.91 Å². The average molecular weight is 355 g/mol. The normalized spacial score (nSPS) is 10.7. The number of rotatable bonds is 6. The molecule has 0 radical (unpaired) electrons. The number of Topliss-reactive ketones (excluding diaryl/α,β-unsaturated/α-hetero) is 1. The van der Waals surface area contributed by atoms with Crippen LogP contribution < -0.4 is 10.6 Å². The molecule has 1 aromatic carbocycles. The number of H-pyrrole nitrogens is 1. The Balaban J connectivity index is 2.01. The molecule has 2 rings (SSSR count). The van der Waals surface area contributed by atoms with E-state index < -0.39 is 0 Å². The minimum absolute atomic E-state index is 0.0371. The van der Waals surface area contributed by atoms with Gasteiger partial charge in [-0.3, -0.25) is 14.4 Å². The Morgan fingerprint density at radius 2 is 1.69 bits per heavy atom. The van der Waals surface area contributed by atoms with E-state index in [-0.39, 0.29) is 23.5 Å². The fraction of sp³-hybridized carbons (Fsp3) is 0.350. The summed E-state index contributed by atoms with van der Waals surface area (Å²) in [6.45, 7) is 9.06. The van der Waals surface area contributed by atoms with Gasteiger partial charge in [-0.1, -0.05) is 26.0 Å². The van der Waals surface area contributed by atoms with Crippen molar-refractivity contribution in [1.82, 2.24) is 10.3 Å². The third-order valence-corrected chi connectivity index (χ3v) is 4.22. The second kappa shape index (κ2) is 7.99. The van der Waals surface area contributed by atoms with Crippen LogP contribution in [0.2, 0.25) is 0 Å². The molecule has 0 bridgehead atoms. The Labute approximate surface area is 153 Å². The van der Waals surface area contributed by atoms with Crippen molar-refractivity contribution < 1.29 is 14.4 Å². The van der Waals surface area contributed by atoms with Crippen molar-refractivity contribution in [2.45, 2.75) is 41.2 Å². The van der Waals surface area contributed by atoms with E-state index in [1.54, 1.807) is 26.0 Å². The van der Waals surface area contributed by atoms with E-state index in [4.69, 9.17) is 0 Å². The summed E-state index contributed by atoms with van der Waals surface area (Å²) in [5, 5.41) is 5.67. The predicted octanol–water partition coefficient (Wildman–Crippen LogP) is 3.36. The van der Waals surface area contributed by atoms with Gasteiger partial charge in [-0.2, -0.15) is 0 Å². The van der Waals surface area contributed by atoms with Crippen LogP contribution in [0.3, 0.4) is 0 Å². The van der Waals surface area contributed by atoms with E-state index in [1.807, 2.05) is 26.0 Å². The topological polar surface area (TPSA) is 91.1 Å². The molecular weight excluding hydrogens is 330 g/mol. The standard InChI is InChI=1S/C20H25N3O3/c1-11(2)19(25)23-16-8-6-15(7-9-16)10-21-20(26)18-12(3)17(14(5)24)13(4)22-18/h6-9,11,22H,10H2,1-5H3,(H,21,26)(H,23,25). The van der Waals surface area contributed by atoms with Crippen LogP contribution in [-0.2, 0) is 11.3 Å². The number of hydrogen-bond acceptors (Lipinski definition) is 3. The smallest absolute Gasteiger partial charge is 0.268 e. The molecule has 26 heavy (non-hydrogen) atoms. The molecule has 0 aliphatic rings. The first-order chi connectivity index (χ1) is 12.2. The van der Waals surface area contributed by atoms with Crippen molar-refractivity contribution in [1.29, 1.82) is 0 Å². The number of carbonyl (C=O) groups is 3. The fourth-order valence-electron chi connectivity index (χ4n) is 2.77. The molecule has 138 valence electrons. The summed E-state index contributed by atoms with van der Waals surface area (Å²) in [6, 6.07) is 7.31. The number of benzene rings is 1. The largest absolute Gasteiger partial charge is 0.354 e. The molecule has 0 saturated carbocycles. The lowest BCUT2D eigenvalue weighted by atomic mass is 10.1. The van der Waals surface area contributed by atoms with E-state index in [1.165, 1.54) is 6.92 Å². The number of anilines is 1. The SMILES string of the molecule is CC(=O)c1c(C)[nH]c(C(=O)NCc2ccc(NC(=O)C(C)C)cc2)c1C. The molecule has 3 N–H and O–H groups in total. The molecule has 2 amide bonds. The maximum Gasteiger partial charge on any atom is 0.268 e. The maximum atomic E-state index is 12.4. The molecule has 0 aliphatic carbocycles. The molecule has 2 aromatic rings. The zero-order valence-electron chi connectivity index (χ0n) is 15.8. The van der Waals surface area contributed by atoms with E-state index in [0.717, 1.165) is 11.3 Å². The molecule has 0 fully saturated rings. The van der Waals surface area contributed by atoms with Gasteiger partial charge in [0.15, 0.2) is 5.78 Å². The van der Waals surface area contributed by atoms with Gasteiger partial charge in [0.05, 0.1) is 0 Å². The lowest BCUT2D eigenvalue weighted by molar-refractivity contribution is -0.118. The number of aromatic nitrogens is 1. The summed E-state index contributed by atoms with van der Waals surface area (Å²) in [4.78, 5) is 38.7. The van der Waals surface area contributed by atoms with Crippen molar-refractivity contribution in [3.63, 3.8) is 0 Å². The lowest BCUT2D eigenvalue weighted by Gasteiger charge is -2.09. The predicted molar refractivity (Wildman–Crippen MR) is 101 cm³/mol. The minimum atomic E-state index is -0.254. The van der Waals surface area contributed by atoms with Crippen LogP contribution in [0.25, 0.3) is 0 Å². The van der Waals surface area contributed by atoms with Crippen LogP contribution in [-0.4, -0.2) is 22.6 Å². The Kier molecular flexibility index (Phi) is 5.97. The summed E-state index contributed by atoms with van der Waals surface area (Å²) in [5.74, 6) is -0.434.